The number of aryl methyl sites for hydroxylation is 2. The Morgan fingerprint density at radius 3 is 2.00 bits per heavy atom. The van der Waals surface area contributed by atoms with Gasteiger partial charge in [-0.2, -0.15) is 0 Å². The van der Waals surface area contributed by atoms with Crippen molar-refractivity contribution in [3.63, 3.8) is 0 Å². The van der Waals surface area contributed by atoms with Crippen molar-refractivity contribution >= 4 is 33.2 Å². The third-order valence-corrected chi connectivity index (χ3v) is 10.1. The lowest BCUT2D eigenvalue weighted by Crippen LogP contribution is -2.24. The number of aliphatic imine (C=N–C) groups is 1. The average molecular weight is 656 g/mol. The molecule has 3 nitrogen and oxygen atoms in total. The van der Waals surface area contributed by atoms with Gasteiger partial charge in [0.1, 0.15) is 6.17 Å². The van der Waals surface area contributed by atoms with E-state index in [1.807, 2.05) is 6.07 Å². The molecule has 1 atom stereocenters. The van der Waals surface area contributed by atoms with E-state index >= 15 is 0 Å². The van der Waals surface area contributed by atoms with Gasteiger partial charge in [0.15, 0.2) is 0 Å². The molecule has 0 aliphatic carbocycles. The molecule has 1 N–H and O–H groups in total. The second-order valence-electron chi connectivity index (χ2n) is 13.4. The highest BCUT2D eigenvalue weighted by atomic mass is 15.1. The Morgan fingerprint density at radius 1 is 0.490 bits per heavy atom. The van der Waals surface area contributed by atoms with Crippen LogP contribution < -0.4 is 5.32 Å². The Kier molecular flexibility index (Phi) is 7.67. The maximum atomic E-state index is 5.27. The molecule has 0 fully saturated rings. The minimum absolute atomic E-state index is 0.195. The molecule has 1 aliphatic heterocycles. The van der Waals surface area contributed by atoms with E-state index < -0.39 is 0 Å². The van der Waals surface area contributed by atoms with Crippen LogP contribution in [0.3, 0.4) is 0 Å². The zero-order valence-electron chi connectivity index (χ0n) is 28.7. The Balaban J connectivity index is 1.19. The minimum Gasteiger partial charge on any atom is -0.360 e. The zero-order valence-corrected chi connectivity index (χ0v) is 28.7. The number of aromatic nitrogens is 1. The standard InChI is InChI=1S/C48H37N3/c1-32-14-9-10-21-40(32)43-29-36(25-24-33(43)2)37-26-27-42-41-22-11-12-23-46(41)51(47(42)30-37)39-20-13-19-38(28-39)45-31-44(34-15-5-3-6-16-34)49-48(50-45)35-17-7-4-8-18-35/h3-31,48-49H,1-2H3. The van der Waals surface area contributed by atoms with Gasteiger partial charge < -0.3 is 9.88 Å². The Morgan fingerprint density at radius 2 is 1.16 bits per heavy atom. The Labute approximate surface area is 298 Å². The molecule has 0 saturated carbocycles. The number of fused-ring (bicyclic) bond motifs is 3. The Bertz CT molecular complexity index is 2630. The van der Waals surface area contributed by atoms with E-state index in [2.05, 4.69) is 194 Å². The number of nitrogens with one attached hydrogen (secondary N) is 1. The van der Waals surface area contributed by atoms with Gasteiger partial charge >= 0.3 is 0 Å². The fourth-order valence-electron chi connectivity index (χ4n) is 7.47. The van der Waals surface area contributed by atoms with Crippen LogP contribution in [0.1, 0.15) is 34.0 Å². The summed E-state index contributed by atoms with van der Waals surface area (Å²) in [4.78, 5) is 5.27. The highest BCUT2D eigenvalue weighted by Gasteiger charge is 2.20. The molecule has 1 unspecified atom stereocenters. The molecule has 244 valence electrons. The number of para-hydroxylation sites is 1. The zero-order chi connectivity index (χ0) is 34.3. The predicted octanol–water partition coefficient (Wildman–Crippen LogP) is 11.9. The van der Waals surface area contributed by atoms with Crippen LogP contribution in [0.15, 0.2) is 181 Å². The number of benzene rings is 7. The maximum absolute atomic E-state index is 5.27. The van der Waals surface area contributed by atoms with Crippen LogP contribution in [0, 0.1) is 13.8 Å². The van der Waals surface area contributed by atoms with Gasteiger partial charge in [0, 0.05) is 27.7 Å². The van der Waals surface area contributed by atoms with Crippen LogP contribution in [0.4, 0.5) is 0 Å². The van der Waals surface area contributed by atoms with Gasteiger partial charge in [-0.3, -0.25) is 4.99 Å². The molecule has 7 aromatic carbocycles. The quantitative estimate of drug-likeness (QED) is 0.190. The van der Waals surface area contributed by atoms with Crippen molar-refractivity contribution in [2.24, 2.45) is 4.99 Å². The summed E-state index contributed by atoms with van der Waals surface area (Å²) in [5.74, 6) is 0. The highest BCUT2D eigenvalue weighted by molar-refractivity contribution is 6.14. The summed E-state index contributed by atoms with van der Waals surface area (Å²) in [5, 5.41) is 6.16. The van der Waals surface area contributed by atoms with Crippen LogP contribution in [0.5, 0.6) is 0 Å². The van der Waals surface area contributed by atoms with Crippen LogP contribution >= 0.6 is 0 Å². The summed E-state index contributed by atoms with van der Waals surface area (Å²) in [5.41, 5.74) is 16.3. The maximum Gasteiger partial charge on any atom is 0.145 e. The molecule has 9 rings (SSSR count). The molecule has 1 aliphatic rings. The first-order valence-electron chi connectivity index (χ1n) is 17.6. The highest BCUT2D eigenvalue weighted by Crippen LogP contribution is 2.37. The first-order valence-corrected chi connectivity index (χ1v) is 17.6. The lowest BCUT2D eigenvalue weighted by atomic mass is 9.92. The third kappa shape index (κ3) is 5.63. The van der Waals surface area contributed by atoms with Crippen LogP contribution in [0.2, 0.25) is 0 Å². The smallest absolute Gasteiger partial charge is 0.145 e. The monoisotopic (exact) mass is 655 g/mol. The van der Waals surface area contributed by atoms with Gasteiger partial charge in [-0.05, 0) is 94.8 Å². The second-order valence-corrected chi connectivity index (χ2v) is 13.4. The van der Waals surface area contributed by atoms with E-state index in [-0.39, 0.29) is 6.17 Å². The predicted molar refractivity (Wildman–Crippen MR) is 214 cm³/mol. The summed E-state index contributed by atoms with van der Waals surface area (Å²) in [6.07, 6.45) is 1.99. The summed E-state index contributed by atoms with van der Waals surface area (Å²) in [6, 6.07) is 60.9. The molecule has 0 radical (unpaired) electrons. The minimum atomic E-state index is -0.195. The fourth-order valence-corrected chi connectivity index (χ4v) is 7.47. The van der Waals surface area contributed by atoms with E-state index in [1.54, 1.807) is 0 Å². The number of rotatable bonds is 6. The van der Waals surface area contributed by atoms with Crippen molar-refractivity contribution in [2.45, 2.75) is 20.0 Å². The summed E-state index contributed by atoms with van der Waals surface area (Å²) in [7, 11) is 0. The molecule has 51 heavy (non-hydrogen) atoms. The van der Waals surface area contributed by atoms with Crippen molar-refractivity contribution in [3.05, 3.63) is 204 Å². The van der Waals surface area contributed by atoms with Gasteiger partial charge in [-0.1, -0.05) is 140 Å². The van der Waals surface area contributed by atoms with Crippen molar-refractivity contribution in [1.29, 1.82) is 0 Å². The molecule has 3 heteroatoms. The molecular weight excluding hydrogens is 619 g/mol. The summed E-state index contributed by atoms with van der Waals surface area (Å²) < 4.78 is 2.41. The lowest BCUT2D eigenvalue weighted by molar-refractivity contribution is 0.664. The molecule has 0 saturated heterocycles. The first-order chi connectivity index (χ1) is 25.1. The molecule has 8 aromatic rings. The number of allylic oxidation sites excluding steroid dienone is 1. The van der Waals surface area contributed by atoms with E-state index in [0.717, 1.165) is 33.8 Å². The number of nitrogens with zero attached hydrogens (tertiary/aromatic N) is 2. The molecule has 1 aromatic heterocycles. The number of hydrogen-bond acceptors (Lipinski definition) is 2. The summed E-state index contributed by atoms with van der Waals surface area (Å²) in [6.45, 7) is 4.39. The van der Waals surface area contributed by atoms with Crippen LogP contribution in [-0.2, 0) is 0 Å². The third-order valence-electron chi connectivity index (χ3n) is 10.1. The molecule has 0 spiro atoms. The normalized spacial score (nSPS) is 14.3. The average Bonchev–Trinajstić information content (AvgIpc) is 3.53. The van der Waals surface area contributed by atoms with Crippen molar-refractivity contribution in [3.8, 4) is 27.9 Å². The molecular formula is C48H37N3. The van der Waals surface area contributed by atoms with Crippen LogP contribution in [-0.4, -0.2) is 10.3 Å². The van der Waals surface area contributed by atoms with Gasteiger partial charge in [0.2, 0.25) is 0 Å². The first kappa shape index (κ1) is 30.6. The van der Waals surface area contributed by atoms with E-state index in [4.69, 9.17) is 4.99 Å². The molecule has 0 amide bonds. The van der Waals surface area contributed by atoms with Gasteiger partial charge in [0.05, 0.1) is 16.7 Å². The van der Waals surface area contributed by atoms with E-state index in [0.29, 0.717) is 0 Å². The second kappa shape index (κ2) is 12.8. The van der Waals surface area contributed by atoms with Gasteiger partial charge in [-0.25, -0.2) is 0 Å². The Hall–Kier alpha value is -6.45. The van der Waals surface area contributed by atoms with Crippen molar-refractivity contribution in [2.75, 3.05) is 0 Å². The topological polar surface area (TPSA) is 29.3 Å². The van der Waals surface area contributed by atoms with Gasteiger partial charge in [-0.15, -0.1) is 0 Å². The molecule has 2 heterocycles. The van der Waals surface area contributed by atoms with Crippen molar-refractivity contribution < 1.29 is 0 Å². The van der Waals surface area contributed by atoms with Gasteiger partial charge in [0.25, 0.3) is 0 Å². The lowest BCUT2D eigenvalue weighted by Gasteiger charge is -2.25. The largest absolute Gasteiger partial charge is 0.360 e. The van der Waals surface area contributed by atoms with Crippen molar-refractivity contribution in [1.82, 2.24) is 9.88 Å². The molecule has 0 bridgehead atoms. The number of hydrogen-bond donors (Lipinski definition) is 1. The SMILES string of the molecule is Cc1ccccc1-c1cc(-c2ccc3c4ccccc4n(-c4cccc(C5=NC(c6ccccc6)NC(c6ccccc6)=C5)c4)c3c2)ccc1C. The van der Waals surface area contributed by atoms with E-state index in [9.17, 15) is 0 Å². The van der Waals surface area contributed by atoms with E-state index in [1.165, 1.54) is 55.2 Å². The fraction of sp³-hybridized carbons (Fsp3) is 0.0625. The van der Waals surface area contributed by atoms with Crippen LogP contribution in [0.25, 0.3) is 55.4 Å². The summed E-state index contributed by atoms with van der Waals surface area (Å²) >= 11 is 0.